The molecule has 7 nitrogen and oxygen atoms in total. The van der Waals surface area contributed by atoms with Gasteiger partial charge in [-0.3, -0.25) is 4.79 Å². The van der Waals surface area contributed by atoms with Crippen LogP contribution >= 0.6 is 11.3 Å². The van der Waals surface area contributed by atoms with Gasteiger partial charge in [0.15, 0.2) is 0 Å². The third-order valence-corrected chi connectivity index (χ3v) is 8.09. The molecule has 1 N–H and O–H groups in total. The number of esters is 1. The van der Waals surface area contributed by atoms with Crippen LogP contribution in [0.15, 0.2) is 23.1 Å². The van der Waals surface area contributed by atoms with Gasteiger partial charge < -0.3 is 10.1 Å². The Morgan fingerprint density at radius 2 is 1.76 bits per heavy atom. The number of rotatable bonds is 7. The lowest BCUT2D eigenvalue weighted by atomic mass is 10.1. The van der Waals surface area contributed by atoms with Gasteiger partial charge in [0.1, 0.15) is 5.00 Å². The Hall–Kier alpha value is -2.23. The number of carbonyl (C=O) groups is 2. The summed E-state index contributed by atoms with van der Waals surface area (Å²) in [4.78, 5) is 25.9. The van der Waals surface area contributed by atoms with Gasteiger partial charge in [-0.25, -0.2) is 13.2 Å². The van der Waals surface area contributed by atoms with Crippen LogP contribution in [0.3, 0.4) is 0 Å². The van der Waals surface area contributed by atoms with Crippen molar-refractivity contribution in [3.63, 3.8) is 0 Å². The van der Waals surface area contributed by atoms with Gasteiger partial charge >= 0.3 is 5.97 Å². The van der Waals surface area contributed by atoms with Crippen molar-refractivity contribution in [1.29, 1.82) is 0 Å². The summed E-state index contributed by atoms with van der Waals surface area (Å²) in [6.07, 6.45) is 0. The summed E-state index contributed by atoms with van der Waals surface area (Å²) < 4.78 is 32.0. The van der Waals surface area contributed by atoms with E-state index in [0.29, 0.717) is 29.2 Å². The standard InChI is InChI=1S/C20H26N2O5S2/c1-7-22(8-2)29(25,26)16-11-15(10-9-12(16)3)18(23)21-19-17(20(24)27-6)13(4)14(5)28-19/h9-11H,7-8H2,1-6H3,(H,21,23). The number of carbonyl (C=O) groups excluding carboxylic acids is 2. The van der Waals surface area contributed by atoms with E-state index in [1.165, 1.54) is 28.8 Å². The van der Waals surface area contributed by atoms with Crippen molar-refractivity contribution in [2.75, 3.05) is 25.5 Å². The third kappa shape index (κ3) is 4.52. The molecule has 1 aromatic carbocycles. The average molecular weight is 439 g/mol. The maximum Gasteiger partial charge on any atom is 0.341 e. The Morgan fingerprint density at radius 1 is 1.14 bits per heavy atom. The van der Waals surface area contributed by atoms with Crippen LogP contribution in [-0.4, -0.2) is 44.8 Å². The zero-order valence-electron chi connectivity index (χ0n) is 17.5. The number of benzene rings is 1. The fourth-order valence-corrected chi connectivity index (χ4v) is 5.71. The van der Waals surface area contributed by atoms with Gasteiger partial charge in [0.25, 0.3) is 5.91 Å². The van der Waals surface area contributed by atoms with Crippen LogP contribution in [0, 0.1) is 20.8 Å². The van der Waals surface area contributed by atoms with Gasteiger partial charge in [-0.1, -0.05) is 19.9 Å². The zero-order chi connectivity index (χ0) is 21.9. The van der Waals surface area contributed by atoms with Crippen molar-refractivity contribution in [1.82, 2.24) is 4.31 Å². The second-order valence-corrected chi connectivity index (χ2v) is 9.63. The van der Waals surface area contributed by atoms with E-state index in [0.717, 1.165) is 10.4 Å². The summed E-state index contributed by atoms with van der Waals surface area (Å²) in [6.45, 7) is 9.54. The largest absolute Gasteiger partial charge is 0.465 e. The number of anilines is 1. The highest BCUT2D eigenvalue weighted by molar-refractivity contribution is 7.89. The first-order valence-corrected chi connectivity index (χ1v) is 11.4. The summed E-state index contributed by atoms with van der Waals surface area (Å²) in [5.41, 5.74) is 1.81. The van der Waals surface area contributed by atoms with Gasteiger partial charge in [0.05, 0.1) is 17.6 Å². The van der Waals surface area contributed by atoms with E-state index in [1.807, 2.05) is 6.92 Å². The predicted octanol–water partition coefficient (Wildman–Crippen LogP) is 3.74. The van der Waals surface area contributed by atoms with Crippen LogP contribution in [0.1, 0.15) is 50.6 Å². The molecule has 1 heterocycles. The Bertz CT molecular complexity index is 1040. The molecule has 0 fully saturated rings. The Kier molecular flexibility index (Phi) is 7.20. The van der Waals surface area contributed by atoms with Crippen LogP contribution in [0.2, 0.25) is 0 Å². The number of amides is 1. The minimum Gasteiger partial charge on any atom is -0.465 e. The van der Waals surface area contributed by atoms with Crippen LogP contribution in [0.5, 0.6) is 0 Å². The summed E-state index contributed by atoms with van der Waals surface area (Å²) in [6, 6.07) is 4.55. The first-order valence-electron chi connectivity index (χ1n) is 9.18. The fraction of sp³-hybridized carbons (Fsp3) is 0.400. The van der Waals surface area contributed by atoms with Gasteiger partial charge in [-0.15, -0.1) is 11.3 Å². The zero-order valence-corrected chi connectivity index (χ0v) is 19.1. The highest BCUT2D eigenvalue weighted by Crippen LogP contribution is 2.33. The number of thiophene rings is 1. The number of ether oxygens (including phenoxy) is 1. The quantitative estimate of drug-likeness (QED) is 0.665. The molecule has 29 heavy (non-hydrogen) atoms. The molecule has 0 atom stereocenters. The number of methoxy groups -OCH3 is 1. The second kappa shape index (κ2) is 9.06. The SMILES string of the molecule is CCN(CC)S(=O)(=O)c1cc(C(=O)Nc2sc(C)c(C)c2C(=O)OC)ccc1C. The van der Waals surface area contributed by atoms with Crippen LogP contribution < -0.4 is 5.32 Å². The molecule has 1 amide bonds. The summed E-state index contributed by atoms with van der Waals surface area (Å²) >= 11 is 1.27. The molecule has 0 spiro atoms. The van der Waals surface area contributed by atoms with E-state index >= 15 is 0 Å². The van der Waals surface area contributed by atoms with Gasteiger partial charge in [-0.05, 0) is 44.0 Å². The molecule has 1 aromatic heterocycles. The molecule has 0 bridgehead atoms. The molecule has 0 aliphatic carbocycles. The molecular weight excluding hydrogens is 412 g/mol. The Balaban J connectivity index is 2.44. The Labute approximate surface area is 175 Å². The molecular formula is C20H26N2O5S2. The van der Waals surface area contributed by atoms with Crippen molar-refractivity contribution in [2.45, 2.75) is 39.5 Å². The lowest BCUT2D eigenvalue weighted by Gasteiger charge is -2.20. The van der Waals surface area contributed by atoms with E-state index in [1.54, 1.807) is 39.8 Å². The molecule has 0 saturated carbocycles. The predicted molar refractivity (Wildman–Crippen MR) is 114 cm³/mol. The van der Waals surface area contributed by atoms with E-state index in [2.05, 4.69) is 5.32 Å². The molecule has 2 rings (SSSR count). The van der Waals surface area contributed by atoms with E-state index < -0.39 is 21.9 Å². The number of nitrogens with one attached hydrogen (secondary N) is 1. The van der Waals surface area contributed by atoms with Gasteiger partial charge in [0.2, 0.25) is 10.0 Å². The molecule has 0 unspecified atom stereocenters. The summed E-state index contributed by atoms with van der Waals surface area (Å²) in [5, 5.41) is 3.11. The first-order chi connectivity index (χ1) is 13.6. The molecule has 0 saturated heterocycles. The number of hydrogen-bond donors (Lipinski definition) is 1. The van der Waals surface area contributed by atoms with Gasteiger partial charge in [0, 0.05) is 23.5 Å². The van der Waals surface area contributed by atoms with E-state index in [4.69, 9.17) is 4.74 Å². The topological polar surface area (TPSA) is 92.8 Å². The molecule has 9 heteroatoms. The summed E-state index contributed by atoms with van der Waals surface area (Å²) in [7, 11) is -2.42. The lowest BCUT2D eigenvalue weighted by molar-refractivity contribution is 0.0601. The smallest absolute Gasteiger partial charge is 0.341 e. The maximum atomic E-state index is 12.9. The minimum absolute atomic E-state index is 0.0978. The van der Waals surface area contributed by atoms with E-state index in [-0.39, 0.29) is 10.5 Å². The molecule has 158 valence electrons. The summed E-state index contributed by atoms with van der Waals surface area (Å²) in [5.74, 6) is -1.02. The lowest BCUT2D eigenvalue weighted by Crippen LogP contribution is -2.31. The first kappa shape index (κ1) is 23.1. The average Bonchev–Trinajstić information content (AvgIpc) is 2.95. The van der Waals surface area contributed by atoms with Crippen LogP contribution in [0.4, 0.5) is 5.00 Å². The van der Waals surface area contributed by atoms with Crippen LogP contribution in [-0.2, 0) is 14.8 Å². The number of nitrogens with zero attached hydrogens (tertiary/aromatic N) is 1. The van der Waals surface area contributed by atoms with Crippen molar-refractivity contribution in [2.24, 2.45) is 0 Å². The number of hydrogen-bond acceptors (Lipinski definition) is 6. The van der Waals surface area contributed by atoms with Gasteiger partial charge in [-0.2, -0.15) is 4.31 Å². The van der Waals surface area contributed by atoms with E-state index in [9.17, 15) is 18.0 Å². The van der Waals surface area contributed by atoms with Crippen molar-refractivity contribution < 1.29 is 22.7 Å². The normalized spacial score (nSPS) is 11.6. The second-order valence-electron chi connectivity index (χ2n) is 6.50. The fourth-order valence-electron chi connectivity index (χ4n) is 2.96. The minimum atomic E-state index is -3.71. The molecule has 0 aliphatic rings. The molecule has 0 radical (unpaired) electrons. The highest BCUT2D eigenvalue weighted by Gasteiger charge is 2.26. The Morgan fingerprint density at radius 3 is 2.31 bits per heavy atom. The number of sulfonamides is 1. The molecule has 0 aliphatic heterocycles. The third-order valence-electron chi connectivity index (χ3n) is 4.78. The van der Waals surface area contributed by atoms with Crippen LogP contribution in [0.25, 0.3) is 0 Å². The number of aryl methyl sites for hydroxylation is 2. The highest BCUT2D eigenvalue weighted by atomic mass is 32.2. The monoisotopic (exact) mass is 438 g/mol. The molecule has 2 aromatic rings. The maximum absolute atomic E-state index is 12.9. The van der Waals surface area contributed by atoms with Crippen molar-refractivity contribution >= 4 is 38.2 Å². The van der Waals surface area contributed by atoms with Crippen molar-refractivity contribution in [3.05, 3.63) is 45.3 Å². The van der Waals surface area contributed by atoms with Crippen molar-refractivity contribution in [3.8, 4) is 0 Å².